The lowest BCUT2D eigenvalue weighted by atomic mass is 10.2. The summed E-state index contributed by atoms with van der Waals surface area (Å²) in [6, 6.07) is 1.19. The number of nitrogens with two attached hydrogens (primary N) is 1. The molecule has 74 valence electrons. The predicted octanol–water partition coefficient (Wildman–Crippen LogP) is 0.199. The van der Waals surface area contributed by atoms with Crippen LogP contribution in [0, 0.1) is 10.1 Å². The number of nitro groups is 1. The highest BCUT2D eigenvalue weighted by Crippen LogP contribution is 2.19. The van der Waals surface area contributed by atoms with Crippen molar-refractivity contribution in [1.29, 1.82) is 0 Å². The van der Waals surface area contributed by atoms with Gasteiger partial charge in [0.15, 0.2) is 0 Å². The largest absolute Gasteiger partial charge is 0.481 e. The topological polar surface area (TPSA) is 119 Å². The number of hydrogen-bond donors (Lipinski definition) is 2. The summed E-state index contributed by atoms with van der Waals surface area (Å²) in [6.45, 7) is 0. The number of anilines is 1. The number of carboxylic acid groups (broad SMARTS) is 1. The fraction of sp³-hybridized carbons (Fsp3) is 0.143. The van der Waals surface area contributed by atoms with Crippen LogP contribution >= 0.6 is 0 Å². The van der Waals surface area contributed by atoms with Gasteiger partial charge in [-0.1, -0.05) is 0 Å². The quantitative estimate of drug-likeness (QED) is 0.527. The molecule has 0 aliphatic carbocycles. The third-order valence-corrected chi connectivity index (χ3v) is 1.50. The zero-order chi connectivity index (χ0) is 10.7. The molecule has 1 aromatic rings. The van der Waals surface area contributed by atoms with E-state index < -0.39 is 10.9 Å². The summed E-state index contributed by atoms with van der Waals surface area (Å²) in [7, 11) is 0. The van der Waals surface area contributed by atoms with Crippen molar-refractivity contribution in [2.24, 2.45) is 0 Å². The summed E-state index contributed by atoms with van der Waals surface area (Å²) in [5.41, 5.74) is 5.12. The number of aromatic nitrogens is 1. The van der Waals surface area contributed by atoms with Gasteiger partial charge in [-0.15, -0.1) is 0 Å². The highest BCUT2D eigenvalue weighted by atomic mass is 16.6. The minimum atomic E-state index is -1.06. The van der Waals surface area contributed by atoms with Crippen LogP contribution in [0.3, 0.4) is 0 Å². The Kier molecular flexibility index (Phi) is 2.61. The fourth-order valence-corrected chi connectivity index (χ4v) is 0.913. The van der Waals surface area contributed by atoms with Crippen LogP contribution in [0.4, 0.5) is 11.4 Å². The predicted molar refractivity (Wildman–Crippen MR) is 46.6 cm³/mol. The van der Waals surface area contributed by atoms with E-state index in [1.165, 1.54) is 6.07 Å². The summed E-state index contributed by atoms with van der Waals surface area (Å²) < 4.78 is 0. The summed E-state index contributed by atoms with van der Waals surface area (Å²) >= 11 is 0. The molecule has 0 aliphatic heterocycles. The molecule has 0 aromatic carbocycles. The average molecular weight is 197 g/mol. The first-order chi connectivity index (χ1) is 6.50. The zero-order valence-corrected chi connectivity index (χ0v) is 7.01. The molecule has 0 bridgehead atoms. The summed E-state index contributed by atoms with van der Waals surface area (Å²) in [5, 5.41) is 18.7. The molecule has 0 atom stereocenters. The molecule has 0 fully saturated rings. The number of carboxylic acids is 1. The standard InChI is InChI=1S/C7H7N3O4/c8-5-1-4(2-7(11)12)9-3-6(5)10(13)14/h1,3H,2H2,(H2,8,9)(H,11,12). The Morgan fingerprint density at radius 1 is 1.71 bits per heavy atom. The Morgan fingerprint density at radius 3 is 2.79 bits per heavy atom. The van der Waals surface area contributed by atoms with Crippen molar-refractivity contribution in [1.82, 2.24) is 4.98 Å². The first-order valence-electron chi connectivity index (χ1n) is 3.61. The number of aliphatic carboxylic acids is 1. The highest BCUT2D eigenvalue weighted by molar-refractivity contribution is 5.70. The molecule has 0 saturated heterocycles. The number of nitrogen functional groups attached to an aromatic ring is 1. The number of carbonyl (C=O) groups is 1. The van der Waals surface area contributed by atoms with E-state index in [1.54, 1.807) is 0 Å². The van der Waals surface area contributed by atoms with Gasteiger partial charge in [-0.2, -0.15) is 0 Å². The van der Waals surface area contributed by atoms with E-state index in [0.29, 0.717) is 0 Å². The third-order valence-electron chi connectivity index (χ3n) is 1.50. The molecule has 1 aromatic heterocycles. The number of hydrogen-bond acceptors (Lipinski definition) is 5. The maximum Gasteiger partial charge on any atom is 0.310 e. The van der Waals surface area contributed by atoms with Gasteiger partial charge >= 0.3 is 11.7 Å². The van der Waals surface area contributed by atoms with Crippen LogP contribution in [-0.2, 0) is 11.2 Å². The highest BCUT2D eigenvalue weighted by Gasteiger charge is 2.13. The first kappa shape index (κ1) is 9.90. The fourth-order valence-electron chi connectivity index (χ4n) is 0.913. The summed E-state index contributed by atoms with van der Waals surface area (Å²) in [5.74, 6) is -1.06. The van der Waals surface area contributed by atoms with Gasteiger partial charge in [0.1, 0.15) is 11.9 Å². The Balaban J connectivity index is 3.00. The summed E-state index contributed by atoms with van der Waals surface area (Å²) in [4.78, 5) is 23.5. The van der Waals surface area contributed by atoms with Crippen LogP contribution < -0.4 is 5.73 Å². The van der Waals surface area contributed by atoms with E-state index in [2.05, 4.69) is 4.98 Å². The molecule has 14 heavy (non-hydrogen) atoms. The van der Waals surface area contributed by atoms with Gasteiger partial charge in [0.05, 0.1) is 17.0 Å². The minimum absolute atomic E-state index is 0.0822. The Bertz CT molecular complexity index is 391. The smallest absolute Gasteiger partial charge is 0.310 e. The molecule has 7 heteroatoms. The number of rotatable bonds is 3. The first-order valence-corrected chi connectivity index (χ1v) is 3.61. The molecule has 1 heterocycles. The molecule has 3 N–H and O–H groups in total. The van der Waals surface area contributed by atoms with Crippen molar-refractivity contribution < 1.29 is 14.8 Å². The van der Waals surface area contributed by atoms with Gasteiger partial charge in [0, 0.05) is 0 Å². The van der Waals surface area contributed by atoms with E-state index >= 15 is 0 Å². The van der Waals surface area contributed by atoms with Crippen molar-refractivity contribution >= 4 is 17.3 Å². The molecule has 1 rings (SSSR count). The maximum absolute atomic E-state index is 10.3. The molecule has 0 amide bonds. The molecular weight excluding hydrogens is 190 g/mol. The molecule has 0 spiro atoms. The van der Waals surface area contributed by atoms with Crippen molar-refractivity contribution in [2.75, 3.05) is 5.73 Å². The minimum Gasteiger partial charge on any atom is -0.481 e. The van der Waals surface area contributed by atoms with E-state index in [-0.39, 0.29) is 23.5 Å². The molecule has 0 saturated carbocycles. The Hall–Kier alpha value is -2.18. The van der Waals surface area contributed by atoms with Gasteiger partial charge in [-0.25, -0.2) is 0 Å². The zero-order valence-electron chi connectivity index (χ0n) is 7.01. The molecule has 0 unspecified atom stereocenters. The SMILES string of the molecule is Nc1cc(CC(=O)O)ncc1[N+](=O)[O-]. The van der Waals surface area contributed by atoms with Crippen molar-refractivity contribution in [3.8, 4) is 0 Å². The van der Waals surface area contributed by atoms with Crippen LogP contribution in [0.2, 0.25) is 0 Å². The average Bonchev–Trinajstić information content (AvgIpc) is 2.01. The summed E-state index contributed by atoms with van der Waals surface area (Å²) in [6.07, 6.45) is 0.649. The monoisotopic (exact) mass is 197 g/mol. The maximum atomic E-state index is 10.3. The lowest BCUT2D eigenvalue weighted by molar-refractivity contribution is -0.384. The lowest BCUT2D eigenvalue weighted by Crippen LogP contribution is -2.04. The van der Waals surface area contributed by atoms with Crippen LogP contribution in [0.15, 0.2) is 12.3 Å². The van der Waals surface area contributed by atoms with E-state index in [1.807, 2.05) is 0 Å². The van der Waals surface area contributed by atoms with Crippen molar-refractivity contribution in [2.45, 2.75) is 6.42 Å². The molecular formula is C7H7N3O4. The Labute approximate surface area is 78.3 Å². The van der Waals surface area contributed by atoms with E-state index in [4.69, 9.17) is 10.8 Å². The van der Waals surface area contributed by atoms with Gasteiger partial charge < -0.3 is 10.8 Å². The number of pyridine rings is 1. The third kappa shape index (κ3) is 2.16. The second-order valence-electron chi connectivity index (χ2n) is 2.56. The van der Waals surface area contributed by atoms with E-state index in [9.17, 15) is 14.9 Å². The van der Waals surface area contributed by atoms with Gasteiger partial charge in [0.25, 0.3) is 0 Å². The van der Waals surface area contributed by atoms with Crippen LogP contribution in [0.5, 0.6) is 0 Å². The van der Waals surface area contributed by atoms with Crippen LogP contribution in [0.1, 0.15) is 5.69 Å². The van der Waals surface area contributed by atoms with Gasteiger partial charge in [-0.3, -0.25) is 19.9 Å². The van der Waals surface area contributed by atoms with Gasteiger partial charge in [-0.05, 0) is 6.07 Å². The van der Waals surface area contributed by atoms with E-state index in [0.717, 1.165) is 6.20 Å². The normalized spacial score (nSPS) is 9.71. The molecule has 0 aliphatic rings. The lowest BCUT2D eigenvalue weighted by Gasteiger charge is -1.99. The van der Waals surface area contributed by atoms with Crippen molar-refractivity contribution in [3.63, 3.8) is 0 Å². The van der Waals surface area contributed by atoms with Crippen LogP contribution in [-0.4, -0.2) is 21.0 Å². The van der Waals surface area contributed by atoms with Crippen LogP contribution in [0.25, 0.3) is 0 Å². The molecule has 0 radical (unpaired) electrons. The Morgan fingerprint density at radius 2 is 2.36 bits per heavy atom. The van der Waals surface area contributed by atoms with Gasteiger partial charge in [0.2, 0.25) is 0 Å². The second kappa shape index (κ2) is 3.69. The number of nitrogens with zero attached hydrogens (tertiary/aromatic N) is 2. The molecule has 7 nitrogen and oxygen atoms in total. The van der Waals surface area contributed by atoms with Crippen molar-refractivity contribution in [3.05, 3.63) is 28.1 Å². The second-order valence-corrected chi connectivity index (χ2v) is 2.56.